The van der Waals surface area contributed by atoms with Gasteiger partial charge in [0, 0.05) is 6.92 Å². The fraction of sp³-hybridized carbons (Fsp3) is 0.222. The van der Waals surface area contributed by atoms with Crippen molar-refractivity contribution in [3.63, 3.8) is 0 Å². The maximum absolute atomic E-state index is 8.57. The van der Waals surface area contributed by atoms with E-state index in [0.717, 1.165) is 5.56 Å². The molecule has 1 aromatic rings. The van der Waals surface area contributed by atoms with Gasteiger partial charge in [-0.25, -0.2) is 4.98 Å². The summed E-state index contributed by atoms with van der Waals surface area (Å²) in [6.45, 7) is 3.29. The summed E-state index contributed by atoms with van der Waals surface area (Å²) in [6, 6.07) is 5.39. The van der Waals surface area contributed by atoms with E-state index in [1.165, 1.54) is 6.92 Å². The van der Waals surface area contributed by atoms with Crippen LogP contribution in [0.4, 0.5) is 0 Å². The lowest BCUT2D eigenvalue weighted by Crippen LogP contribution is -1.88. The van der Waals surface area contributed by atoms with Crippen LogP contribution in [0.5, 0.6) is 0 Å². The van der Waals surface area contributed by atoms with Crippen LogP contribution in [0.15, 0.2) is 10.5 Å². The highest BCUT2D eigenvalue weighted by molar-refractivity contribution is 9.10. The summed E-state index contributed by atoms with van der Waals surface area (Å²) in [5.74, 6) is 0. The molecule has 1 aromatic heterocycles. The zero-order chi connectivity index (χ0) is 11.1. The van der Waals surface area contributed by atoms with Crippen molar-refractivity contribution in [1.29, 1.82) is 10.5 Å². The van der Waals surface area contributed by atoms with Crippen LogP contribution in [0.3, 0.4) is 0 Å². The molecule has 0 saturated carbocycles. The van der Waals surface area contributed by atoms with Gasteiger partial charge in [-0.1, -0.05) is 11.6 Å². The Morgan fingerprint density at radius 1 is 1.50 bits per heavy atom. The first-order valence-corrected chi connectivity index (χ1v) is 4.77. The number of aryl methyl sites for hydroxylation is 1. The van der Waals surface area contributed by atoms with Crippen LogP contribution in [-0.2, 0) is 0 Å². The van der Waals surface area contributed by atoms with Crippen LogP contribution in [0.25, 0.3) is 0 Å². The largest absolute Gasteiger partial charge is 0.224 e. The Hall–Kier alpha value is -1.10. The summed E-state index contributed by atoms with van der Waals surface area (Å²) < 4.78 is 0.712. The van der Waals surface area contributed by atoms with Crippen molar-refractivity contribution in [2.75, 3.05) is 0 Å². The van der Waals surface area contributed by atoms with E-state index in [0.29, 0.717) is 15.3 Å². The van der Waals surface area contributed by atoms with Crippen LogP contribution < -0.4 is 0 Å². The molecule has 1 heterocycles. The van der Waals surface area contributed by atoms with Crippen LogP contribution >= 0.6 is 27.5 Å². The quantitative estimate of drug-likeness (QED) is 0.681. The summed E-state index contributed by atoms with van der Waals surface area (Å²) in [6.07, 6.45) is 0. The number of nitriles is 2. The van der Waals surface area contributed by atoms with E-state index in [4.69, 9.17) is 22.1 Å². The highest BCUT2D eigenvalue weighted by Crippen LogP contribution is 2.21. The highest BCUT2D eigenvalue weighted by Gasteiger charge is 2.04. The third-order valence-corrected chi connectivity index (χ3v) is 2.41. The van der Waals surface area contributed by atoms with Crippen molar-refractivity contribution in [3.8, 4) is 12.1 Å². The molecular weight excluding hydrogens is 265 g/mol. The number of nitrogens with zero attached hydrogens (tertiary/aromatic N) is 3. The molecule has 0 aromatic carbocycles. The molecule has 1 rings (SSSR count). The molecule has 0 atom stereocenters. The number of aromatic nitrogens is 1. The highest BCUT2D eigenvalue weighted by atomic mass is 79.9. The van der Waals surface area contributed by atoms with E-state index in [1.807, 2.05) is 13.0 Å². The van der Waals surface area contributed by atoms with E-state index in [9.17, 15) is 0 Å². The molecule has 0 N–H and O–H groups in total. The van der Waals surface area contributed by atoms with E-state index < -0.39 is 0 Å². The van der Waals surface area contributed by atoms with Gasteiger partial charge < -0.3 is 0 Å². The Morgan fingerprint density at radius 2 is 2.00 bits per heavy atom. The Balaban J connectivity index is 0.000000500. The number of pyridine rings is 1. The first kappa shape index (κ1) is 12.9. The molecule has 0 spiro atoms. The second-order valence-corrected chi connectivity index (χ2v) is 3.44. The minimum atomic E-state index is 0.329. The Bertz CT molecular complexity index is 404. The minimum absolute atomic E-state index is 0.329. The number of halogens is 2. The summed E-state index contributed by atoms with van der Waals surface area (Å²) in [4.78, 5) is 3.81. The number of hydrogen-bond acceptors (Lipinski definition) is 3. The molecule has 0 fully saturated rings. The fourth-order valence-corrected chi connectivity index (χ4v) is 1.23. The smallest absolute Gasteiger partial charge is 0.156 e. The van der Waals surface area contributed by atoms with E-state index in [1.54, 1.807) is 12.1 Å². The summed E-state index contributed by atoms with van der Waals surface area (Å²) >= 11 is 8.85. The molecule has 0 aliphatic rings. The molecule has 14 heavy (non-hydrogen) atoms. The van der Waals surface area contributed by atoms with Gasteiger partial charge in [0.25, 0.3) is 0 Å². The van der Waals surface area contributed by atoms with Crippen LogP contribution in [0.2, 0.25) is 5.15 Å². The van der Waals surface area contributed by atoms with Gasteiger partial charge in [0.15, 0.2) is 5.69 Å². The van der Waals surface area contributed by atoms with Gasteiger partial charge in [-0.15, -0.1) is 0 Å². The second-order valence-electron chi connectivity index (χ2n) is 2.26. The minimum Gasteiger partial charge on any atom is -0.224 e. The second kappa shape index (κ2) is 6.37. The topological polar surface area (TPSA) is 60.5 Å². The van der Waals surface area contributed by atoms with Crippen molar-refractivity contribution < 1.29 is 0 Å². The first-order chi connectivity index (χ1) is 6.56. The maximum atomic E-state index is 8.57. The summed E-state index contributed by atoms with van der Waals surface area (Å²) in [5.41, 5.74) is 1.25. The van der Waals surface area contributed by atoms with Gasteiger partial charge in [-0.2, -0.15) is 10.5 Å². The van der Waals surface area contributed by atoms with Gasteiger partial charge in [0.1, 0.15) is 11.2 Å². The van der Waals surface area contributed by atoms with Gasteiger partial charge in [-0.05, 0) is 34.5 Å². The average molecular weight is 273 g/mol. The van der Waals surface area contributed by atoms with Crippen LogP contribution in [0, 0.1) is 29.6 Å². The van der Waals surface area contributed by atoms with Crippen molar-refractivity contribution in [2.45, 2.75) is 13.8 Å². The SMILES string of the molecule is CC#N.Cc1cc(Cl)nc(C#N)c1Br. The van der Waals surface area contributed by atoms with Gasteiger partial charge >= 0.3 is 0 Å². The standard InChI is InChI=1S/C7H4BrClN2.C2H3N/c1-4-2-6(9)11-5(3-10)7(4)8;1-2-3/h2H,1H3;1H3. The van der Waals surface area contributed by atoms with E-state index in [-0.39, 0.29) is 0 Å². The van der Waals surface area contributed by atoms with Gasteiger partial charge in [0.2, 0.25) is 0 Å². The normalized spacial score (nSPS) is 7.86. The third kappa shape index (κ3) is 3.74. The Kier molecular flexibility index (Phi) is 5.87. The predicted molar refractivity (Wildman–Crippen MR) is 57.7 cm³/mol. The van der Waals surface area contributed by atoms with Crippen molar-refractivity contribution in [2.24, 2.45) is 0 Å². The number of rotatable bonds is 0. The molecule has 3 nitrogen and oxygen atoms in total. The summed E-state index contributed by atoms with van der Waals surface area (Å²) in [5, 5.41) is 16.2. The first-order valence-electron chi connectivity index (χ1n) is 3.60. The van der Waals surface area contributed by atoms with Gasteiger partial charge in [0.05, 0.1) is 10.5 Å². The van der Waals surface area contributed by atoms with Crippen molar-refractivity contribution in [3.05, 3.63) is 26.9 Å². The molecule has 0 bridgehead atoms. The van der Waals surface area contributed by atoms with Crippen molar-refractivity contribution in [1.82, 2.24) is 4.98 Å². The molecule has 0 aliphatic heterocycles. The lowest BCUT2D eigenvalue weighted by Gasteiger charge is -1.98. The molecule has 0 amide bonds. The van der Waals surface area contributed by atoms with Crippen LogP contribution in [-0.4, -0.2) is 4.98 Å². The van der Waals surface area contributed by atoms with Crippen LogP contribution in [0.1, 0.15) is 18.2 Å². The molecule has 0 unspecified atom stereocenters. The fourth-order valence-electron chi connectivity index (χ4n) is 0.691. The number of hydrogen-bond donors (Lipinski definition) is 0. The molecule has 72 valence electrons. The van der Waals surface area contributed by atoms with E-state index in [2.05, 4.69) is 20.9 Å². The molecule has 0 saturated heterocycles. The maximum Gasteiger partial charge on any atom is 0.156 e. The zero-order valence-corrected chi connectivity index (χ0v) is 10.0. The molecular formula is C9H7BrClN3. The van der Waals surface area contributed by atoms with E-state index >= 15 is 0 Å². The molecule has 0 aliphatic carbocycles. The third-order valence-electron chi connectivity index (χ3n) is 1.21. The predicted octanol–water partition coefficient (Wildman–Crippen LogP) is 3.21. The Labute approximate surface area is 96.1 Å². The lowest BCUT2D eigenvalue weighted by molar-refractivity contribution is 1.21. The zero-order valence-electron chi connectivity index (χ0n) is 7.67. The van der Waals surface area contributed by atoms with Crippen molar-refractivity contribution >= 4 is 27.5 Å². The molecule has 5 heteroatoms. The molecule has 0 radical (unpaired) electrons. The summed E-state index contributed by atoms with van der Waals surface area (Å²) in [7, 11) is 0. The Morgan fingerprint density at radius 3 is 2.43 bits per heavy atom. The lowest BCUT2D eigenvalue weighted by atomic mass is 10.2. The monoisotopic (exact) mass is 271 g/mol. The average Bonchev–Trinajstić information content (AvgIpc) is 2.12. The van der Waals surface area contributed by atoms with Gasteiger partial charge in [-0.3, -0.25) is 0 Å².